The van der Waals surface area contributed by atoms with Gasteiger partial charge in [-0.05, 0) is 25.0 Å². The molecule has 0 bridgehead atoms. The Morgan fingerprint density at radius 2 is 1.93 bits per heavy atom. The van der Waals surface area contributed by atoms with Crippen LogP contribution >= 0.6 is 11.6 Å². The summed E-state index contributed by atoms with van der Waals surface area (Å²) in [6, 6.07) is 4.33. The summed E-state index contributed by atoms with van der Waals surface area (Å²) in [7, 11) is 0. The van der Waals surface area contributed by atoms with Gasteiger partial charge < -0.3 is 14.5 Å². The molecule has 1 fully saturated rings. The second-order valence-electron chi connectivity index (χ2n) is 7.96. The number of rotatable bonds is 3. The molecule has 142 valence electrons. The molecule has 0 saturated carbocycles. The number of ether oxygens (including phenoxy) is 1. The predicted octanol–water partition coefficient (Wildman–Crippen LogP) is 4.33. The Morgan fingerprint density at radius 1 is 1.15 bits per heavy atom. The summed E-state index contributed by atoms with van der Waals surface area (Å²) in [5.74, 6) is 0.600. The van der Waals surface area contributed by atoms with Crippen molar-refractivity contribution >= 4 is 23.2 Å². The molecule has 3 aromatic rings. The summed E-state index contributed by atoms with van der Waals surface area (Å²) < 4.78 is 7.52. The topological polar surface area (TPSA) is 64.3 Å². The zero-order valence-electron chi connectivity index (χ0n) is 15.9. The molecular weight excluding hydrogens is 362 g/mol. The van der Waals surface area contributed by atoms with E-state index in [1.165, 1.54) is 0 Å². The minimum absolute atomic E-state index is 0.0106. The highest BCUT2D eigenvalue weighted by Crippen LogP contribution is 2.29. The first-order valence-corrected chi connectivity index (χ1v) is 9.64. The van der Waals surface area contributed by atoms with E-state index < -0.39 is 0 Å². The van der Waals surface area contributed by atoms with Gasteiger partial charge in [0.15, 0.2) is 0 Å². The second kappa shape index (κ2) is 7.09. The maximum Gasteiger partial charge on any atom is 0.223 e. The van der Waals surface area contributed by atoms with Crippen LogP contribution in [0.3, 0.4) is 0 Å². The van der Waals surface area contributed by atoms with Crippen molar-refractivity contribution in [2.75, 3.05) is 18.5 Å². The van der Waals surface area contributed by atoms with Crippen LogP contribution < -0.4 is 5.32 Å². The molecule has 4 rings (SSSR count). The van der Waals surface area contributed by atoms with E-state index in [4.69, 9.17) is 21.3 Å². The fourth-order valence-corrected chi connectivity index (χ4v) is 3.54. The van der Waals surface area contributed by atoms with Gasteiger partial charge in [-0.15, -0.1) is 0 Å². The molecule has 4 heterocycles. The van der Waals surface area contributed by atoms with Crippen LogP contribution in [-0.4, -0.2) is 38.6 Å². The van der Waals surface area contributed by atoms with E-state index >= 15 is 0 Å². The zero-order valence-corrected chi connectivity index (χ0v) is 16.6. The fourth-order valence-electron chi connectivity index (χ4n) is 3.34. The smallest absolute Gasteiger partial charge is 0.223 e. The Labute approximate surface area is 164 Å². The predicted molar refractivity (Wildman–Crippen MR) is 107 cm³/mol. The molecule has 1 aliphatic rings. The van der Waals surface area contributed by atoms with E-state index in [9.17, 15) is 0 Å². The molecule has 0 unspecified atom stereocenters. The highest BCUT2D eigenvalue weighted by molar-refractivity contribution is 6.32. The summed E-state index contributed by atoms with van der Waals surface area (Å²) in [5.41, 5.74) is 3.70. The van der Waals surface area contributed by atoms with Crippen molar-refractivity contribution in [3.8, 4) is 11.3 Å². The summed E-state index contributed by atoms with van der Waals surface area (Å²) in [6.07, 6.45) is 7.55. The van der Waals surface area contributed by atoms with Crippen LogP contribution in [0.25, 0.3) is 16.9 Å². The Balaban J connectivity index is 1.70. The Morgan fingerprint density at radius 3 is 2.67 bits per heavy atom. The van der Waals surface area contributed by atoms with Crippen molar-refractivity contribution < 1.29 is 4.74 Å². The lowest BCUT2D eigenvalue weighted by atomic mass is 9.93. The van der Waals surface area contributed by atoms with Crippen LogP contribution in [0.2, 0.25) is 5.02 Å². The summed E-state index contributed by atoms with van der Waals surface area (Å²) in [6.45, 7) is 8.07. The standard InChI is InChI=1S/C20H24ClN5O/c1-20(2,3)16-11-22-17-5-4-13(12-26(16)17)18-15(21)10-23-19(25-18)24-14-6-8-27-9-7-14/h4-5,10-12,14H,6-9H2,1-3H3,(H,23,24,25). The highest BCUT2D eigenvalue weighted by atomic mass is 35.5. The maximum absolute atomic E-state index is 6.43. The molecule has 1 aliphatic heterocycles. The zero-order chi connectivity index (χ0) is 19.0. The van der Waals surface area contributed by atoms with Crippen LogP contribution in [0.15, 0.2) is 30.7 Å². The van der Waals surface area contributed by atoms with E-state index in [0.717, 1.165) is 48.7 Å². The maximum atomic E-state index is 6.43. The molecule has 3 aromatic heterocycles. The third kappa shape index (κ3) is 3.77. The van der Waals surface area contributed by atoms with Crippen molar-refractivity contribution in [2.24, 2.45) is 0 Å². The summed E-state index contributed by atoms with van der Waals surface area (Å²) in [5, 5.41) is 3.94. The lowest BCUT2D eigenvalue weighted by molar-refractivity contribution is 0.0903. The van der Waals surface area contributed by atoms with Gasteiger partial charge in [-0.1, -0.05) is 32.4 Å². The van der Waals surface area contributed by atoms with Gasteiger partial charge in [-0.25, -0.2) is 15.0 Å². The van der Waals surface area contributed by atoms with Crippen molar-refractivity contribution in [2.45, 2.75) is 45.1 Å². The molecule has 0 aliphatic carbocycles. The molecule has 6 nitrogen and oxygen atoms in total. The van der Waals surface area contributed by atoms with E-state index in [1.807, 2.05) is 18.3 Å². The third-order valence-corrected chi connectivity index (χ3v) is 5.12. The van der Waals surface area contributed by atoms with Gasteiger partial charge in [-0.3, -0.25) is 0 Å². The average molecular weight is 386 g/mol. The van der Waals surface area contributed by atoms with Gasteiger partial charge in [-0.2, -0.15) is 0 Å². The number of hydrogen-bond donors (Lipinski definition) is 1. The normalized spacial score (nSPS) is 16.0. The first-order chi connectivity index (χ1) is 12.9. The molecule has 1 saturated heterocycles. The Hall–Kier alpha value is -2.18. The Kier molecular flexibility index (Phi) is 4.78. The lowest BCUT2D eigenvalue weighted by Crippen LogP contribution is -2.28. The minimum atomic E-state index is -0.0106. The monoisotopic (exact) mass is 385 g/mol. The number of nitrogens with zero attached hydrogens (tertiary/aromatic N) is 4. The second-order valence-corrected chi connectivity index (χ2v) is 8.37. The van der Waals surface area contributed by atoms with Gasteiger partial charge in [0.25, 0.3) is 0 Å². The molecule has 0 atom stereocenters. The van der Waals surface area contributed by atoms with Crippen LogP contribution in [0, 0.1) is 0 Å². The SMILES string of the molecule is CC(C)(C)c1cnc2ccc(-c3nc(NC4CCOCC4)ncc3Cl)cn12. The number of aromatic nitrogens is 4. The van der Waals surface area contributed by atoms with E-state index in [1.54, 1.807) is 6.20 Å². The molecule has 1 N–H and O–H groups in total. The molecule has 27 heavy (non-hydrogen) atoms. The van der Waals surface area contributed by atoms with Gasteiger partial charge in [0.05, 0.1) is 16.9 Å². The number of imidazole rings is 1. The number of anilines is 1. The van der Waals surface area contributed by atoms with Gasteiger partial charge in [0.1, 0.15) is 5.65 Å². The van der Waals surface area contributed by atoms with Crippen LogP contribution in [0.1, 0.15) is 39.3 Å². The number of hydrogen-bond acceptors (Lipinski definition) is 5. The number of fused-ring (bicyclic) bond motifs is 1. The van der Waals surface area contributed by atoms with Crippen molar-refractivity contribution in [1.82, 2.24) is 19.4 Å². The quantitative estimate of drug-likeness (QED) is 0.726. The summed E-state index contributed by atoms with van der Waals surface area (Å²) >= 11 is 6.43. The van der Waals surface area contributed by atoms with E-state index in [0.29, 0.717) is 17.0 Å². The first kappa shape index (κ1) is 18.2. The number of pyridine rings is 1. The molecule has 0 spiro atoms. The number of nitrogens with one attached hydrogen (secondary N) is 1. The van der Waals surface area contributed by atoms with Crippen LogP contribution in [-0.2, 0) is 10.2 Å². The first-order valence-electron chi connectivity index (χ1n) is 9.26. The van der Waals surface area contributed by atoms with Crippen LogP contribution in [0.4, 0.5) is 5.95 Å². The largest absolute Gasteiger partial charge is 0.381 e. The molecule has 7 heteroatoms. The van der Waals surface area contributed by atoms with E-state index in [2.05, 4.69) is 46.7 Å². The van der Waals surface area contributed by atoms with Gasteiger partial charge >= 0.3 is 0 Å². The minimum Gasteiger partial charge on any atom is -0.381 e. The summed E-state index contributed by atoms with van der Waals surface area (Å²) in [4.78, 5) is 13.6. The third-order valence-electron chi connectivity index (χ3n) is 4.85. The van der Waals surface area contributed by atoms with E-state index in [-0.39, 0.29) is 5.41 Å². The average Bonchev–Trinajstić information content (AvgIpc) is 3.08. The van der Waals surface area contributed by atoms with Crippen molar-refractivity contribution in [1.29, 1.82) is 0 Å². The van der Waals surface area contributed by atoms with Crippen molar-refractivity contribution in [3.05, 3.63) is 41.4 Å². The van der Waals surface area contributed by atoms with Crippen molar-refractivity contribution in [3.63, 3.8) is 0 Å². The number of halogens is 1. The Bertz CT molecular complexity index is 957. The van der Waals surface area contributed by atoms with Gasteiger partial charge in [0, 0.05) is 48.3 Å². The van der Waals surface area contributed by atoms with Gasteiger partial charge in [0.2, 0.25) is 5.95 Å². The molecular formula is C20H24ClN5O. The molecule has 0 amide bonds. The fraction of sp³-hybridized carbons (Fsp3) is 0.450. The van der Waals surface area contributed by atoms with Crippen LogP contribution in [0.5, 0.6) is 0 Å². The lowest BCUT2D eigenvalue weighted by Gasteiger charge is -2.23. The molecule has 0 radical (unpaired) electrons. The highest BCUT2D eigenvalue weighted by Gasteiger charge is 2.20. The molecule has 0 aromatic carbocycles.